The SMILES string of the molecule is COCC(C)Oc1cc(NC(=O)N2CCCc3cc(CN4C=CC=COC4=C=O)c(C=O)nc32)ncc1C#N. The number of ether oxygens (including phenoxy) is 3. The molecular formula is C27H26N6O6. The average Bonchev–Trinajstić information content (AvgIpc) is 3.17. The minimum Gasteiger partial charge on any atom is -0.487 e. The number of aromatic nitrogens is 2. The van der Waals surface area contributed by atoms with Crippen molar-refractivity contribution in [1.29, 1.82) is 5.26 Å². The number of nitrogens with zero attached hydrogens (tertiary/aromatic N) is 5. The molecule has 0 radical (unpaired) electrons. The van der Waals surface area contributed by atoms with Gasteiger partial charge in [0, 0.05) is 31.5 Å². The van der Waals surface area contributed by atoms with Crippen molar-refractivity contribution >= 4 is 29.9 Å². The number of methoxy groups -OCH3 is 1. The summed E-state index contributed by atoms with van der Waals surface area (Å²) in [6.07, 6.45) is 9.22. The Balaban J connectivity index is 1.57. The molecule has 1 atom stereocenters. The Morgan fingerprint density at radius 3 is 2.95 bits per heavy atom. The van der Waals surface area contributed by atoms with Gasteiger partial charge in [0.15, 0.2) is 12.2 Å². The van der Waals surface area contributed by atoms with Crippen LogP contribution in [0.5, 0.6) is 5.75 Å². The molecule has 1 unspecified atom stereocenters. The highest BCUT2D eigenvalue weighted by atomic mass is 16.5. The van der Waals surface area contributed by atoms with Crippen LogP contribution >= 0.6 is 0 Å². The number of urea groups is 1. The molecule has 0 aliphatic carbocycles. The average molecular weight is 531 g/mol. The number of aldehydes is 1. The first-order valence-corrected chi connectivity index (χ1v) is 12.1. The number of aryl methyl sites for hydroxylation is 1. The van der Waals surface area contributed by atoms with Gasteiger partial charge in [0.05, 0.1) is 25.6 Å². The zero-order valence-corrected chi connectivity index (χ0v) is 21.4. The van der Waals surface area contributed by atoms with Gasteiger partial charge < -0.3 is 19.1 Å². The second-order valence-electron chi connectivity index (χ2n) is 8.70. The van der Waals surface area contributed by atoms with Crippen LogP contribution in [-0.4, -0.2) is 59.5 Å². The van der Waals surface area contributed by atoms with Crippen molar-refractivity contribution in [1.82, 2.24) is 14.9 Å². The van der Waals surface area contributed by atoms with Crippen molar-refractivity contribution in [3.8, 4) is 11.8 Å². The first-order chi connectivity index (χ1) is 19.0. The summed E-state index contributed by atoms with van der Waals surface area (Å²) in [6.45, 7) is 2.63. The molecule has 0 spiro atoms. The highest BCUT2D eigenvalue weighted by Gasteiger charge is 2.27. The van der Waals surface area contributed by atoms with Crippen LogP contribution in [0.1, 0.15) is 40.5 Å². The number of carbonyl (C=O) groups excluding carboxylic acids is 3. The normalized spacial score (nSPS) is 14.8. The number of pyridine rings is 2. The number of nitrogens with one attached hydrogen (secondary N) is 1. The number of hydrogen-bond acceptors (Lipinski definition) is 10. The minimum atomic E-state index is -0.498. The van der Waals surface area contributed by atoms with Crippen LogP contribution in [0, 0.1) is 11.3 Å². The van der Waals surface area contributed by atoms with Gasteiger partial charge in [0.2, 0.25) is 0 Å². The van der Waals surface area contributed by atoms with E-state index >= 15 is 0 Å². The molecule has 4 rings (SSSR count). The van der Waals surface area contributed by atoms with Crippen molar-refractivity contribution < 1.29 is 28.6 Å². The third kappa shape index (κ3) is 6.30. The molecule has 2 aromatic heterocycles. The second kappa shape index (κ2) is 12.5. The predicted octanol–water partition coefficient (Wildman–Crippen LogP) is 3.09. The molecular weight excluding hydrogens is 504 g/mol. The Bertz CT molecular complexity index is 1410. The highest BCUT2D eigenvalue weighted by molar-refractivity contribution is 6.01. The number of nitriles is 1. The summed E-state index contributed by atoms with van der Waals surface area (Å²) in [4.78, 5) is 48.2. The highest BCUT2D eigenvalue weighted by Crippen LogP contribution is 2.29. The molecule has 0 saturated carbocycles. The van der Waals surface area contributed by atoms with Crippen LogP contribution in [0.15, 0.2) is 48.8 Å². The Kier molecular flexibility index (Phi) is 8.68. The topological polar surface area (TPSA) is 147 Å². The van der Waals surface area contributed by atoms with E-state index in [1.807, 2.05) is 12.1 Å². The van der Waals surface area contributed by atoms with Crippen molar-refractivity contribution in [3.63, 3.8) is 0 Å². The third-order valence-electron chi connectivity index (χ3n) is 5.91. The van der Waals surface area contributed by atoms with E-state index in [0.29, 0.717) is 43.7 Å². The number of allylic oxidation sites excluding steroid dienone is 2. The third-order valence-corrected chi connectivity index (χ3v) is 5.91. The number of anilines is 2. The van der Waals surface area contributed by atoms with Gasteiger partial charge in [-0.25, -0.2) is 19.6 Å². The van der Waals surface area contributed by atoms with Crippen LogP contribution in [0.3, 0.4) is 0 Å². The fourth-order valence-corrected chi connectivity index (χ4v) is 4.16. The van der Waals surface area contributed by atoms with E-state index in [9.17, 15) is 19.6 Å². The maximum atomic E-state index is 13.3. The summed E-state index contributed by atoms with van der Waals surface area (Å²) in [6, 6.07) is 4.81. The van der Waals surface area contributed by atoms with Crippen LogP contribution in [0.25, 0.3) is 0 Å². The Hall–Kier alpha value is -4.98. The summed E-state index contributed by atoms with van der Waals surface area (Å²) in [7, 11) is 1.55. The molecule has 39 heavy (non-hydrogen) atoms. The molecule has 2 aliphatic rings. The summed E-state index contributed by atoms with van der Waals surface area (Å²) < 4.78 is 16.1. The van der Waals surface area contributed by atoms with Gasteiger partial charge in [-0.1, -0.05) is 0 Å². The van der Waals surface area contributed by atoms with Crippen LogP contribution in [-0.2, 0) is 27.2 Å². The van der Waals surface area contributed by atoms with E-state index < -0.39 is 6.03 Å². The number of carbonyl (C=O) groups is 2. The van der Waals surface area contributed by atoms with E-state index in [0.717, 1.165) is 5.56 Å². The quantitative estimate of drug-likeness (QED) is 0.399. The van der Waals surface area contributed by atoms with Crippen LogP contribution in [0.4, 0.5) is 16.4 Å². The van der Waals surface area contributed by atoms with Gasteiger partial charge in [0.1, 0.15) is 40.8 Å². The lowest BCUT2D eigenvalue weighted by atomic mass is 10.0. The molecule has 2 amide bonds. The molecule has 1 N–H and O–H groups in total. The van der Waals surface area contributed by atoms with E-state index in [1.165, 1.54) is 28.3 Å². The maximum absolute atomic E-state index is 13.3. The van der Waals surface area contributed by atoms with Crippen molar-refractivity contribution in [2.24, 2.45) is 0 Å². The van der Waals surface area contributed by atoms with E-state index in [2.05, 4.69) is 15.3 Å². The lowest BCUT2D eigenvalue weighted by molar-refractivity contribution is 0.0919. The molecule has 12 heteroatoms. The molecule has 0 fully saturated rings. The van der Waals surface area contributed by atoms with Gasteiger partial charge in [-0.3, -0.25) is 15.0 Å². The predicted molar refractivity (Wildman–Crippen MR) is 139 cm³/mol. The molecule has 4 heterocycles. The molecule has 0 saturated heterocycles. The molecule has 0 bridgehead atoms. The lowest BCUT2D eigenvalue weighted by Gasteiger charge is -2.29. The minimum absolute atomic E-state index is 0.0505. The zero-order chi connectivity index (χ0) is 27.8. The van der Waals surface area contributed by atoms with E-state index in [-0.39, 0.29) is 41.4 Å². The van der Waals surface area contributed by atoms with Gasteiger partial charge in [0.25, 0.3) is 5.88 Å². The Morgan fingerprint density at radius 1 is 1.36 bits per heavy atom. The first kappa shape index (κ1) is 27.1. The van der Waals surface area contributed by atoms with Crippen LogP contribution < -0.4 is 15.0 Å². The summed E-state index contributed by atoms with van der Waals surface area (Å²) in [5, 5.41) is 12.1. The molecule has 12 nitrogen and oxygen atoms in total. The number of fused-ring (bicyclic) bond motifs is 1. The van der Waals surface area contributed by atoms with Gasteiger partial charge in [-0.2, -0.15) is 5.26 Å². The number of amides is 2. The largest absolute Gasteiger partial charge is 0.487 e. The van der Waals surface area contributed by atoms with E-state index in [4.69, 9.17) is 14.2 Å². The summed E-state index contributed by atoms with van der Waals surface area (Å²) in [5.74, 6) is 2.51. The zero-order valence-electron chi connectivity index (χ0n) is 21.4. The van der Waals surface area contributed by atoms with Crippen LogP contribution in [0.2, 0.25) is 0 Å². The summed E-state index contributed by atoms with van der Waals surface area (Å²) in [5.41, 5.74) is 1.69. The number of hydrogen-bond donors (Lipinski definition) is 1. The molecule has 0 aromatic carbocycles. The smallest absolute Gasteiger partial charge is 0.328 e. The standard InChI is InChI=1S/C27H26N6O6/c1-18(17-37-2)39-23-11-24(29-13-21(23)12-28)31-27(36)33-8-5-6-19-10-20(22(15-34)30-26(19)33)14-32-7-3-4-9-38-25(32)16-35/h3-4,7,9-11,13,15,18H,5-6,8,14,17H2,1-2H3,(H,29,31,36). The molecule has 200 valence electrons. The lowest BCUT2D eigenvalue weighted by Crippen LogP contribution is -2.40. The van der Waals surface area contributed by atoms with Gasteiger partial charge >= 0.3 is 6.03 Å². The second-order valence-corrected chi connectivity index (χ2v) is 8.70. The van der Waals surface area contributed by atoms with Crippen molar-refractivity contribution in [2.45, 2.75) is 32.4 Å². The van der Waals surface area contributed by atoms with Gasteiger partial charge in [-0.05, 0) is 43.5 Å². The van der Waals surface area contributed by atoms with Gasteiger partial charge in [-0.15, -0.1) is 0 Å². The maximum Gasteiger partial charge on any atom is 0.328 e. The molecule has 2 aliphatic heterocycles. The van der Waals surface area contributed by atoms with E-state index in [1.54, 1.807) is 38.3 Å². The molecule has 2 aromatic rings. The Labute approximate surface area is 224 Å². The Morgan fingerprint density at radius 2 is 2.21 bits per heavy atom. The fourth-order valence-electron chi connectivity index (χ4n) is 4.16. The number of rotatable bonds is 8. The first-order valence-electron chi connectivity index (χ1n) is 12.1. The fraction of sp³-hybridized carbons (Fsp3) is 0.296. The van der Waals surface area contributed by atoms with Crippen molar-refractivity contribution in [3.05, 3.63) is 71.2 Å². The monoisotopic (exact) mass is 530 g/mol. The van der Waals surface area contributed by atoms with Crippen molar-refractivity contribution in [2.75, 3.05) is 30.5 Å². The summed E-state index contributed by atoms with van der Waals surface area (Å²) >= 11 is 0.